The second kappa shape index (κ2) is 21.5. The Morgan fingerprint density at radius 1 is 1.12 bits per heavy atom. The number of methoxy groups -OCH3 is 2. The molecule has 2 heterocycles. The SMILES string of the molecule is CCC[C@](C)(C[C@@H](C)C[C@@H](C)C(=O)O[C@H](I)[C@@]1(C)OC(=O)C(SCCN(Cc2c(Cl)cncc2Cl)c2ccc(OC)c(OC3CCCC3)c2)[C@@H]1[C@@H](C)C(C)=O)OC. The lowest BCUT2D eigenvalue weighted by Gasteiger charge is -2.37. The molecule has 1 aromatic heterocycles. The number of Topliss-reactive ketones (excluding diaryl/α,β-unsaturated/α-hetero) is 1. The summed E-state index contributed by atoms with van der Waals surface area (Å²) in [6, 6.07) is 5.84. The Bertz CT molecular complexity index is 1660. The third kappa shape index (κ3) is 12.3. The minimum Gasteiger partial charge on any atom is -0.493 e. The number of ketones is 1. The molecule has 1 unspecified atom stereocenters. The van der Waals surface area contributed by atoms with Crippen LogP contribution in [0.15, 0.2) is 30.6 Å². The van der Waals surface area contributed by atoms with Crippen molar-refractivity contribution in [3.05, 3.63) is 46.2 Å². The van der Waals surface area contributed by atoms with Crippen LogP contribution in [0.25, 0.3) is 0 Å². The van der Waals surface area contributed by atoms with Gasteiger partial charge in [0.2, 0.25) is 0 Å². The van der Waals surface area contributed by atoms with Gasteiger partial charge in [0.1, 0.15) is 11.0 Å². The number of carbonyl (C=O) groups is 3. The Kier molecular flexibility index (Phi) is 18.0. The van der Waals surface area contributed by atoms with Crippen LogP contribution >= 0.6 is 57.6 Å². The number of nitrogens with zero attached hydrogens (tertiary/aromatic N) is 2. The van der Waals surface area contributed by atoms with Crippen LogP contribution in [0.2, 0.25) is 10.0 Å². The molecule has 4 rings (SSSR count). The number of esters is 2. The van der Waals surface area contributed by atoms with Gasteiger partial charge in [0.25, 0.3) is 0 Å². The lowest BCUT2D eigenvalue weighted by molar-refractivity contribution is -0.169. The predicted molar refractivity (Wildman–Crippen MR) is 237 cm³/mol. The number of hydrogen-bond acceptors (Lipinski definition) is 11. The standard InChI is InChI=1S/C43H61Cl2IN2O8S/c1-10-17-42(6,53-9)22-26(2)20-27(3)39(50)55-41(46)43(7)37(28(4)29(5)49)38(40(51)56-43)57-19-18-48(25-32-33(44)23-47-24-34(32)45)30-15-16-35(52-8)36(21-30)54-31-13-11-12-14-31/h15-16,21,23-24,26-28,31,37-38,41H,10-14,17-20,22,25H2,1-9H3/t26-,27+,28-,37-,38?,41-,42+,43-/m0/s1. The molecule has 318 valence electrons. The van der Waals surface area contributed by atoms with Crippen molar-refractivity contribution in [3.8, 4) is 11.5 Å². The van der Waals surface area contributed by atoms with Gasteiger partial charge in [-0.1, -0.05) is 57.3 Å². The number of hydrogen-bond donors (Lipinski definition) is 0. The molecule has 57 heavy (non-hydrogen) atoms. The summed E-state index contributed by atoms with van der Waals surface area (Å²) in [4.78, 5) is 46.6. The van der Waals surface area contributed by atoms with Crippen LogP contribution < -0.4 is 14.4 Å². The first-order chi connectivity index (χ1) is 27.0. The second-order valence-electron chi connectivity index (χ2n) is 16.3. The molecule has 0 spiro atoms. The Balaban J connectivity index is 1.53. The fraction of sp³-hybridized carbons (Fsp3) is 0.674. The lowest BCUT2D eigenvalue weighted by atomic mass is 9.78. The minimum absolute atomic E-state index is 0.0721. The lowest BCUT2D eigenvalue weighted by Crippen LogP contribution is -2.49. The van der Waals surface area contributed by atoms with Gasteiger partial charge in [-0.25, -0.2) is 0 Å². The summed E-state index contributed by atoms with van der Waals surface area (Å²) < 4.78 is 29.3. The maximum Gasteiger partial charge on any atom is 0.320 e. The molecule has 8 atom stereocenters. The molecular formula is C43H61Cl2IN2O8S. The summed E-state index contributed by atoms with van der Waals surface area (Å²) >= 11 is 16.7. The first-order valence-electron chi connectivity index (χ1n) is 20.1. The summed E-state index contributed by atoms with van der Waals surface area (Å²) in [7, 11) is 3.37. The molecule has 1 saturated heterocycles. The quantitative estimate of drug-likeness (QED) is 0.0638. The number of carbonyl (C=O) groups excluding carboxylic acids is 3. The predicted octanol–water partition coefficient (Wildman–Crippen LogP) is 10.5. The second-order valence-corrected chi connectivity index (χ2v) is 19.5. The normalized spacial score (nSPS) is 22.9. The smallest absolute Gasteiger partial charge is 0.320 e. The Morgan fingerprint density at radius 2 is 1.79 bits per heavy atom. The van der Waals surface area contributed by atoms with Crippen molar-refractivity contribution in [2.24, 2.45) is 23.7 Å². The van der Waals surface area contributed by atoms with E-state index >= 15 is 0 Å². The van der Waals surface area contributed by atoms with E-state index < -0.39 is 32.8 Å². The highest BCUT2D eigenvalue weighted by molar-refractivity contribution is 14.1. The van der Waals surface area contributed by atoms with Crippen LogP contribution in [0.1, 0.15) is 105 Å². The molecule has 0 amide bonds. The monoisotopic (exact) mass is 962 g/mol. The van der Waals surface area contributed by atoms with E-state index in [2.05, 4.69) is 53.2 Å². The van der Waals surface area contributed by atoms with E-state index in [-0.39, 0.29) is 35.3 Å². The van der Waals surface area contributed by atoms with Crippen molar-refractivity contribution in [1.82, 2.24) is 4.98 Å². The maximum atomic E-state index is 13.8. The minimum atomic E-state index is -1.24. The Labute approximate surface area is 367 Å². The topological polar surface area (TPSA) is 113 Å². The number of ether oxygens (including phenoxy) is 5. The molecule has 0 bridgehead atoms. The van der Waals surface area contributed by atoms with E-state index in [0.29, 0.717) is 46.8 Å². The number of halogens is 3. The molecule has 1 saturated carbocycles. The molecular weight excluding hydrogens is 902 g/mol. The summed E-state index contributed by atoms with van der Waals surface area (Å²) in [5.74, 6) is -0.337. The number of cyclic esters (lactones) is 1. The number of anilines is 1. The van der Waals surface area contributed by atoms with E-state index in [0.717, 1.165) is 56.2 Å². The van der Waals surface area contributed by atoms with Gasteiger partial charge in [-0.05, 0) is 106 Å². The fourth-order valence-electron chi connectivity index (χ4n) is 8.35. The molecule has 2 fully saturated rings. The van der Waals surface area contributed by atoms with Gasteiger partial charge < -0.3 is 28.6 Å². The van der Waals surface area contributed by atoms with Gasteiger partial charge in [0.15, 0.2) is 21.2 Å². The summed E-state index contributed by atoms with van der Waals surface area (Å²) in [5.41, 5.74) is 0.0859. The van der Waals surface area contributed by atoms with Crippen molar-refractivity contribution in [2.75, 3.05) is 31.4 Å². The number of aromatic nitrogens is 1. The molecule has 0 radical (unpaired) electrons. The molecule has 1 aliphatic carbocycles. The third-order valence-corrected chi connectivity index (χ3v) is 15.1. The van der Waals surface area contributed by atoms with Gasteiger partial charge in [0.05, 0.1) is 34.8 Å². The van der Waals surface area contributed by atoms with Crippen LogP contribution in [-0.2, 0) is 35.1 Å². The average molecular weight is 964 g/mol. The van der Waals surface area contributed by atoms with E-state index in [1.54, 1.807) is 33.5 Å². The maximum absolute atomic E-state index is 13.8. The first kappa shape index (κ1) is 47.7. The van der Waals surface area contributed by atoms with Crippen LogP contribution in [0.4, 0.5) is 5.69 Å². The molecule has 14 heteroatoms. The van der Waals surface area contributed by atoms with Crippen LogP contribution in [0.3, 0.4) is 0 Å². The van der Waals surface area contributed by atoms with Gasteiger partial charge in [-0.2, -0.15) is 0 Å². The zero-order valence-corrected chi connectivity index (χ0v) is 39.4. The number of rotatable bonds is 22. The molecule has 2 aromatic rings. The van der Waals surface area contributed by atoms with Gasteiger partial charge >= 0.3 is 11.9 Å². The molecule has 1 aliphatic heterocycles. The van der Waals surface area contributed by atoms with E-state index in [4.69, 9.17) is 46.9 Å². The van der Waals surface area contributed by atoms with Crippen molar-refractivity contribution in [1.29, 1.82) is 0 Å². The third-order valence-electron chi connectivity index (χ3n) is 11.7. The zero-order valence-electron chi connectivity index (χ0n) is 34.9. The first-order valence-corrected chi connectivity index (χ1v) is 23.1. The van der Waals surface area contributed by atoms with E-state index in [9.17, 15) is 14.4 Å². The fourth-order valence-corrected chi connectivity index (χ4v) is 11.1. The van der Waals surface area contributed by atoms with Crippen molar-refractivity contribution in [2.45, 2.75) is 133 Å². The van der Waals surface area contributed by atoms with Crippen LogP contribution in [0, 0.1) is 23.7 Å². The average Bonchev–Trinajstić information content (AvgIpc) is 3.76. The number of pyridine rings is 1. The summed E-state index contributed by atoms with van der Waals surface area (Å²) in [6.45, 7) is 14.2. The van der Waals surface area contributed by atoms with Crippen molar-refractivity contribution in [3.63, 3.8) is 0 Å². The van der Waals surface area contributed by atoms with E-state index in [1.165, 1.54) is 18.7 Å². The van der Waals surface area contributed by atoms with Gasteiger partial charge in [-0.15, -0.1) is 11.8 Å². The number of thioether (sulfide) groups is 1. The highest BCUT2D eigenvalue weighted by Gasteiger charge is 2.60. The molecule has 1 aromatic carbocycles. The number of alkyl halides is 1. The van der Waals surface area contributed by atoms with E-state index in [1.807, 2.05) is 32.0 Å². The van der Waals surface area contributed by atoms with Crippen molar-refractivity contribution >= 4 is 81.0 Å². The zero-order chi connectivity index (χ0) is 42.1. The van der Waals surface area contributed by atoms with Crippen LogP contribution in [-0.4, -0.2) is 75.9 Å². The summed E-state index contributed by atoms with van der Waals surface area (Å²) in [5, 5.41) is 0.204. The highest BCUT2D eigenvalue weighted by atomic mass is 127. The highest BCUT2D eigenvalue weighted by Crippen LogP contribution is 2.48. The van der Waals surface area contributed by atoms with Gasteiger partial charge in [-0.3, -0.25) is 19.4 Å². The van der Waals surface area contributed by atoms with Gasteiger partial charge in [0, 0.05) is 67.5 Å². The summed E-state index contributed by atoms with van der Waals surface area (Å²) in [6.07, 6.45) is 10.9. The molecule has 0 N–H and O–H groups in total. The molecule has 2 aliphatic rings. The van der Waals surface area contributed by atoms with Crippen molar-refractivity contribution < 1.29 is 38.1 Å². The molecule has 10 nitrogen and oxygen atoms in total. The van der Waals surface area contributed by atoms with Crippen LogP contribution in [0.5, 0.6) is 11.5 Å². The largest absolute Gasteiger partial charge is 0.493 e. The Morgan fingerprint density at radius 3 is 2.39 bits per heavy atom. The number of benzene rings is 1. The Hall–Kier alpha value is -2.00.